The first-order chi connectivity index (χ1) is 14.5. The van der Waals surface area contributed by atoms with Gasteiger partial charge in [-0.05, 0) is 42.8 Å². The third kappa shape index (κ3) is 4.33. The second kappa shape index (κ2) is 7.72. The molecule has 0 radical (unpaired) electrons. The van der Waals surface area contributed by atoms with Gasteiger partial charge in [0, 0.05) is 31.9 Å². The molecular weight excluding hydrogens is 433 g/mol. The van der Waals surface area contributed by atoms with Gasteiger partial charge < -0.3 is 15.1 Å². The lowest BCUT2D eigenvalue weighted by Crippen LogP contribution is -2.58. The summed E-state index contributed by atoms with van der Waals surface area (Å²) >= 11 is 0. The van der Waals surface area contributed by atoms with Crippen molar-refractivity contribution < 1.29 is 26.4 Å². The topological polar surface area (TPSA) is 81.8 Å². The van der Waals surface area contributed by atoms with Gasteiger partial charge in [0.05, 0.1) is 11.3 Å². The summed E-state index contributed by atoms with van der Waals surface area (Å²) in [6, 6.07) is 9.89. The molecule has 0 aliphatic carbocycles. The first-order valence-electron chi connectivity index (χ1n) is 9.65. The highest BCUT2D eigenvalue weighted by Gasteiger charge is 2.36. The molecular formula is C20H21F3N4O3S. The summed E-state index contributed by atoms with van der Waals surface area (Å²) in [5.41, 5.74) is 0.921. The Balaban J connectivity index is 1.44. The molecule has 7 nitrogen and oxygen atoms in total. The summed E-state index contributed by atoms with van der Waals surface area (Å²) in [7, 11) is -3.84. The van der Waals surface area contributed by atoms with Gasteiger partial charge in [-0.15, -0.1) is 0 Å². The fourth-order valence-corrected chi connectivity index (χ4v) is 5.00. The molecule has 2 aliphatic rings. The van der Waals surface area contributed by atoms with Gasteiger partial charge in [0.15, 0.2) is 6.17 Å². The summed E-state index contributed by atoms with van der Waals surface area (Å²) in [6.45, 7) is 3.01. The molecule has 1 fully saturated rings. The average molecular weight is 454 g/mol. The number of nitrogens with one attached hydrogen (secondary N) is 2. The summed E-state index contributed by atoms with van der Waals surface area (Å²) in [5, 5.41) is 2.94. The first-order valence-corrected chi connectivity index (χ1v) is 11.1. The molecule has 1 unspecified atom stereocenters. The lowest BCUT2D eigenvalue weighted by molar-refractivity contribution is -0.137. The Labute approximate surface area is 177 Å². The number of amides is 1. The first kappa shape index (κ1) is 21.4. The number of alkyl halides is 3. The highest BCUT2D eigenvalue weighted by atomic mass is 32.2. The Kier molecular flexibility index (Phi) is 5.34. The number of anilines is 2. The van der Waals surface area contributed by atoms with Gasteiger partial charge in [0.2, 0.25) is 10.0 Å². The molecule has 11 heteroatoms. The fraction of sp³-hybridized carbons (Fsp3) is 0.350. The van der Waals surface area contributed by atoms with E-state index in [4.69, 9.17) is 0 Å². The zero-order chi connectivity index (χ0) is 22.4. The van der Waals surface area contributed by atoms with E-state index in [0.29, 0.717) is 24.5 Å². The predicted molar refractivity (Wildman–Crippen MR) is 109 cm³/mol. The third-order valence-electron chi connectivity index (χ3n) is 5.37. The highest BCUT2D eigenvalue weighted by Crippen LogP contribution is 2.32. The van der Waals surface area contributed by atoms with E-state index in [0.717, 1.165) is 17.7 Å². The van der Waals surface area contributed by atoms with Crippen LogP contribution in [-0.4, -0.2) is 51.6 Å². The largest absolute Gasteiger partial charge is 0.416 e. The minimum absolute atomic E-state index is 0.0801. The van der Waals surface area contributed by atoms with Crippen molar-refractivity contribution in [3.8, 4) is 0 Å². The number of halogens is 3. The number of carbonyl (C=O) groups is 1. The fourth-order valence-electron chi connectivity index (χ4n) is 3.75. The molecule has 0 saturated carbocycles. The van der Waals surface area contributed by atoms with Crippen molar-refractivity contribution in [2.24, 2.45) is 0 Å². The summed E-state index contributed by atoms with van der Waals surface area (Å²) in [6.07, 6.45) is -5.56. The van der Waals surface area contributed by atoms with Gasteiger partial charge in [-0.3, -0.25) is 4.79 Å². The van der Waals surface area contributed by atoms with Gasteiger partial charge in [0.1, 0.15) is 4.90 Å². The lowest BCUT2D eigenvalue weighted by Gasteiger charge is -2.38. The molecule has 1 atom stereocenters. The van der Waals surface area contributed by atoms with Gasteiger partial charge in [-0.1, -0.05) is 12.1 Å². The van der Waals surface area contributed by atoms with Crippen molar-refractivity contribution in [1.82, 2.24) is 9.62 Å². The molecule has 0 bridgehead atoms. The van der Waals surface area contributed by atoms with Crippen LogP contribution in [0.25, 0.3) is 0 Å². The van der Waals surface area contributed by atoms with Crippen molar-refractivity contribution in [1.29, 1.82) is 0 Å². The molecule has 1 amide bonds. The van der Waals surface area contributed by atoms with Gasteiger partial charge in [0.25, 0.3) is 5.91 Å². The van der Waals surface area contributed by atoms with E-state index in [2.05, 4.69) is 10.0 Å². The minimum atomic E-state index is -4.42. The predicted octanol–water partition coefficient (Wildman–Crippen LogP) is 2.39. The van der Waals surface area contributed by atoms with E-state index in [1.807, 2.05) is 6.92 Å². The van der Waals surface area contributed by atoms with Gasteiger partial charge in [-0.2, -0.15) is 17.9 Å². The SMILES string of the molecule is Cc1ccc2c(c1)NC(C(=O)N1CCN(c3cccc(C(F)(F)F)c3)CC1)NS2(=O)=O. The van der Waals surface area contributed by atoms with Crippen molar-refractivity contribution in [3.63, 3.8) is 0 Å². The van der Waals surface area contributed by atoms with E-state index >= 15 is 0 Å². The van der Waals surface area contributed by atoms with Crippen LogP contribution in [0.3, 0.4) is 0 Å². The molecule has 166 valence electrons. The van der Waals surface area contributed by atoms with Crippen LogP contribution >= 0.6 is 0 Å². The molecule has 2 aromatic carbocycles. The Morgan fingerprint density at radius 3 is 2.45 bits per heavy atom. The van der Waals surface area contributed by atoms with Crippen molar-refractivity contribution in [2.45, 2.75) is 24.2 Å². The van der Waals surface area contributed by atoms with Crippen LogP contribution in [0.5, 0.6) is 0 Å². The normalized spacial score (nSPS) is 20.7. The molecule has 2 heterocycles. The summed E-state index contributed by atoms with van der Waals surface area (Å²) in [5.74, 6) is -0.431. The molecule has 2 aromatic rings. The average Bonchev–Trinajstić information content (AvgIpc) is 2.72. The molecule has 0 spiro atoms. The molecule has 0 aromatic heterocycles. The van der Waals surface area contributed by atoms with Gasteiger partial charge >= 0.3 is 6.18 Å². The Morgan fingerprint density at radius 2 is 1.77 bits per heavy atom. The van der Waals surface area contributed by atoms with Crippen molar-refractivity contribution in [2.75, 3.05) is 36.4 Å². The van der Waals surface area contributed by atoms with Crippen molar-refractivity contribution in [3.05, 3.63) is 53.6 Å². The maximum Gasteiger partial charge on any atom is 0.416 e. The number of hydrogen-bond donors (Lipinski definition) is 2. The van der Waals surface area contributed by atoms with Crippen LogP contribution in [0, 0.1) is 6.92 Å². The number of aryl methyl sites for hydroxylation is 1. The number of piperazine rings is 1. The van der Waals surface area contributed by atoms with Gasteiger partial charge in [-0.25, -0.2) is 8.42 Å². The minimum Gasteiger partial charge on any atom is -0.368 e. The number of nitrogens with zero attached hydrogens (tertiary/aromatic N) is 2. The number of benzene rings is 2. The van der Waals surface area contributed by atoms with E-state index < -0.39 is 33.8 Å². The number of carbonyl (C=O) groups excluding carboxylic acids is 1. The quantitative estimate of drug-likeness (QED) is 0.729. The number of sulfonamides is 1. The Hall–Kier alpha value is -2.79. The number of hydrogen-bond acceptors (Lipinski definition) is 5. The van der Waals surface area contributed by atoms with Crippen LogP contribution in [0.4, 0.5) is 24.5 Å². The molecule has 31 heavy (non-hydrogen) atoms. The zero-order valence-electron chi connectivity index (χ0n) is 16.6. The monoisotopic (exact) mass is 454 g/mol. The molecule has 1 saturated heterocycles. The zero-order valence-corrected chi connectivity index (χ0v) is 17.4. The molecule has 4 rings (SSSR count). The standard InChI is InChI=1S/C20H21F3N4O3S/c1-13-5-6-17-16(11-13)24-18(25-31(17,29)30)19(28)27-9-7-26(8-10-27)15-4-2-3-14(12-15)20(21,22)23/h2-6,11-12,18,24-25H,7-10H2,1H3. The van der Waals surface area contributed by atoms with Crippen LogP contribution < -0.4 is 14.9 Å². The smallest absolute Gasteiger partial charge is 0.368 e. The summed E-state index contributed by atoms with van der Waals surface area (Å²) in [4.78, 5) is 16.3. The lowest BCUT2D eigenvalue weighted by atomic mass is 10.1. The summed E-state index contributed by atoms with van der Waals surface area (Å²) < 4.78 is 66.3. The van der Waals surface area contributed by atoms with E-state index in [1.165, 1.54) is 17.0 Å². The van der Waals surface area contributed by atoms with Crippen LogP contribution in [-0.2, 0) is 21.0 Å². The second-order valence-corrected chi connectivity index (χ2v) is 9.24. The third-order valence-corrected chi connectivity index (χ3v) is 6.86. The second-order valence-electron chi connectivity index (χ2n) is 7.56. The maximum absolute atomic E-state index is 13.0. The van der Waals surface area contributed by atoms with Crippen LogP contribution in [0.2, 0.25) is 0 Å². The van der Waals surface area contributed by atoms with E-state index in [-0.39, 0.29) is 18.0 Å². The number of rotatable bonds is 2. The van der Waals surface area contributed by atoms with E-state index in [1.54, 1.807) is 23.1 Å². The van der Waals surface area contributed by atoms with Crippen molar-refractivity contribution >= 4 is 27.3 Å². The Morgan fingerprint density at radius 1 is 1.06 bits per heavy atom. The molecule has 2 N–H and O–H groups in total. The number of fused-ring (bicyclic) bond motifs is 1. The van der Waals surface area contributed by atoms with E-state index in [9.17, 15) is 26.4 Å². The van der Waals surface area contributed by atoms with Crippen LogP contribution in [0.15, 0.2) is 47.4 Å². The molecule has 2 aliphatic heterocycles. The highest BCUT2D eigenvalue weighted by molar-refractivity contribution is 7.89. The maximum atomic E-state index is 13.0. The Bertz CT molecular complexity index is 1110. The van der Waals surface area contributed by atoms with Crippen LogP contribution in [0.1, 0.15) is 11.1 Å².